The van der Waals surface area contributed by atoms with Crippen LogP contribution in [0.5, 0.6) is 5.88 Å². The van der Waals surface area contributed by atoms with Crippen LogP contribution in [0.4, 0.5) is 4.39 Å². The second kappa shape index (κ2) is 13.2. The van der Waals surface area contributed by atoms with E-state index in [1.807, 2.05) is 30.3 Å². The number of hydrogen-bond acceptors (Lipinski definition) is 6. The van der Waals surface area contributed by atoms with Crippen molar-refractivity contribution in [1.82, 2.24) is 10.3 Å². The van der Waals surface area contributed by atoms with Crippen molar-refractivity contribution in [1.29, 1.82) is 0 Å². The zero-order valence-corrected chi connectivity index (χ0v) is 22.2. The lowest BCUT2D eigenvalue weighted by Crippen LogP contribution is -2.39. The van der Waals surface area contributed by atoms with Crippen LogP contribution in [0.25, 0.3) is 11.1 Å². The number of rotatable bonds is 11. The van der Waals surface area contributed by atoms with Crippen LogP contribution in [-0.4, -0.2) is 49.8 Å². The molecule has 9 heteroatoms. The van der Waals surface area contributed by atoms with Gasteiger partial charge in [0.2, 0.25) is 0 Å². The van der Waals surface area contributed by atoms with E-state index in [4.69, 9.17) is 32.5 Å². The lowest BCUT2D eigenvalue weighted by molar-refractivity contribution is 0.0999. The molecule has 1 heterocycles. The highest BCUT2D eigenvalue weighted by molar-refractivity contribution is 6.33. The van der Waals surface area contributed by atoms with E-state index in [-0.39, 0.29) is 47.2 Å². The number of ether oxygens (including phenoxy) is 2. The van der Waals surface area contributed by atoms with Gasteiger partial charge < -0.3 is 26.3 Å². The van der Waals surface area contributed by atoms with Gasteiger partial charge in [-0.2, -0.15) is 0 Å². The van der Waals surface area contributed by atoms with Crippen LogP contribution in [0.2, 0.25) is 5.02 Å². The molecule has 3 aromatic rings. The molecule has 1 aliphatic carbocycles. The molecule has 0 saturated heterocycles. The Labute approximate surface area is 227 Å². The average Bonchev–Trinajstić information content (AvgIpc) is 2.92. The minimum absolute atomic E-state index is 0.0344. The number of nitrogens with two attached hydrogens (primary N) is 2. The molecule has 5 N–H and O–H groups in total. The number of benzene rings is 2. The average molecular weight is 541 g/mol. The summed E-state index contributed by atoms with van der Waals surface area (Å²) in [7, 11) is 1.52. The lowest BCUT2D eigenvalue weighted by atomic mass is 9.87. The molecule has 0 aliphatic heterocycles. The van der Waals surface area contributed by atoms with Crippen LogP contribution in [0.15, 0.2) is 54.7 Å². The summed E-state index contributed by atoms with van der Waals surface area (Å²) in [6.07, 6.45) is 5.29. The second-order valence-electron chi connectivity index (χ2n) is 9.59. The van der Waals surface area contributed by atoms with E-state index in [1.165, 1.54) is 13.3 Å². The maximum atomic E-state index is 15.7. The van der Waals surface area contributed by atoms with E-state index in [1.54, 1.807) is 6.07 Å². The van der Waals surface area contributed by atoms with Crippen LogP contribution in [0.1, 0.15) is 53.1 Å². The molecular formula is C29H34ClFN4O3. The molecular weight excluding hydrogens is 507 g/mol. The molecule has 38 heavy (non-hydrogen) atoms. The van der Waals surface area contributed by atoms with Crippen molar-refractivity contribution in [3.8, 4) is 17.0 Å². The number of methoxy groups -OCH3 is 1. The first-order valence-corrected chi connectivity index (χ1v) is 13.2. The van der Waals surface area contributed by atoms with Crippen molar-refractivity contribution < 1.29 is 18.7 Å². The summed E-state index contributed by atoms with van der Waals surface area (Å²) in [6.45, 7) is 1.03. The Morgan fingerprint density at radius 3 is 2.55 bits per heavy atom. The van der Waals surface area contributed by atoms with E-state index >= 15 is 4.39 Å². The Morgan fingerprint density at radius 1 is 1.13 bits per heavy atom. The summed E-state index contributed by atoms with van der Waals surface area (Å²) in [6, 6.07) is 16.2. The van der Waals surface area contributed by atoms with Gasteiger partial charge in [-0.3, -0.25) is 4.79 Å². The number of pyridine rings is 1. The molecule has 1 amide bonds. The Hall–Kier alpha value is -3.04. The quantitative estimate of drug-likeness (QED) is 0.305. The lowest BCUT2D eigenvalue weighted by Gasteiger charge is -2.29. The molecule has 1 aromatic heterocycles. The Morgan fingerprint density at radius 2 is 1.87 bits per heavy atom. The summed E-state index contributed by atoms with van der Waals surface area (Å²) < 4.78 is 26.2. The minimum Gasteiger partial charge on any atom is -0.473 e. The number of aromatic nitrogens is 1. The molecule has 2 aromatic carbocycles. The summed E-state index contributed by atoms with van der Waals surface area (Å²) in [5, 5.41) is 4.00. The Bertz CT molecular complexity index is 1240. The van der Waals surface area contributed by atoms with Gasteiger partial charge in [-0.25, -0.2) is 9.37 Å². The van der Waals surface area contributed by atoms with E-state index in [2.05, 4.69) is 22.4 Å². The van der Waals surface area contributed by atoms with E-state index in [0.29, 0.717) is 18.2 Å². The van der Waals surface area contributed by atoms with Crippen molar-refractivity contribution in [2.75, 3.05) is 26.9 Å². The largest absolute Gasteiger partial charge is 0.473 e. The van der Waals surface area contributed by atoms with Crippen LogP contribution in [-0.2, 0) is 4.74 Å². The molecule has 0 radical (unpaired) electrons. The first-order chi connectivity index (χ1) is 18.4. The SMILES string of the molecule is COCCOc1ncc(C(N)=O)c(-c2cc(C(CNC3CCC(N)CC3)c3ccccc3)ccc2Cl)c1F. The van der Waals surface area contributed by atoms with E-state index in [9.17, 15) is 4.79 Å². The molecule has 7 nitrogen and oxygen atoms in total. The molecule has 202 valence electrons. The normalized spacial score (nSPS) is 18.2. The first-order valence-electron chi connectivity index (χ1n) is 12.8. The van der Waals surface area contributed by atoms with Gasteiger partial charge in [0.05, 0.1) is 12.2 Å². The topological polar surface area (TPSA) is 112 Å². The molecule has 1 fully saturated rings. The Kier molecular flexibility index (Phi) is 9.69. The number of hydrogen-bond donors (Lipinski definition) is 3. The fourth-order valence-electron chi connectivity index (χ4n) is 4.91. The van der Waals surface area contributed by atoms with Gasteiger partial charge in [-0.05, 0) is 48.9 Å². The highest BCUT2D eigenvalue weighted by Gasteiger charge is 2.25. The summed E-state index contributed by atoms with van der Waals surface area (Å²) in [5.41, 5.74) is 14.0. The number of primary amides is 1. The van der Waals surface area contributed by atoms with Gasteiger partial charge in [0.15, 0.2) is 5.82 Å². The summed E-state index contributed by atoms with van der Waals surface area (Å²) in [4.78, 5) is 16.2. The number of halogens is 2. The van der Waals surface area contributed by atoms with Crippen LogP contribution < -0.4 is 21.5 Å². The number of carbonyl (C=O) groups is 1. The maximum absolute atomic E-state index is 15.7. The number of nitrogens with zero attached hydrogens (tertiary/aromatic N) is 1. The number of carbonyl (C=O) groups excluding carboxylic acids is 1. The molecule has 0 spiro atoms. The summed E-state index contributed by atoms with van der Waals surface area (Å²) >= 11 is 6.59. The van der Waals surface area contributed by atoms with Crippen LogP contribution >= 0.6 is 11.6 Å². The molecule has 0 bridgehead atoms. The smallest absolute Gasteiger partial charge is 0.251 e. The van der Waals surface area contributed by atoms with Crippen molar-refractivity contribution in [2.24, 2.45) is 11.5 Å². The third kappa shape index (κ3) is 6.69. The van der Waals surface area contributed by atoms with E-state index in [0.717, 1.165) is 36.8 Å². The van der Waals surface area contributed by atoms with Crippen molar-refractivity contribution in [2.45, 2.75) is 43.7 Å². The second-order valence-corrected chi connectivity index (χ2v) is 10.0. The van der Waals surface area contributed by atoms with E-state index < -0.39 is 11.7 Å². The van der Waals surface area contributed by atoms with Gasteiger partial charge in [-0.1, -0.05) is 48.0 Å². The molecule has 1 atom stereocenters. The van der Waals surface area contributed by atoms with Crippen LogP contribution in [0, 0.1) is 5.82 Å². The van der Waals surface area contributed by atoms with Gasteiger partial charge in [0.25, 0.3) is 11.8 Å². The highest BCUT2D eigenvalue weighted by Crippen LogP contribution is 2.38. The molecule has 1 unspecified atom stereocenters. The minimum atomic E-state index is -0.812. The zero-order chi connectivity index (χ0) is 27.1. The Balaban J connectivity index is 1.73. The molecule has 1 aliphatic rings. The highest BCUT2D eigenvalue weighted by atomic mass is 35.5. The number of amides is 1. The van der Waals surface area contributed by atoms with Gasteiger partial charge in [0, 0.05) is 54.0 Å². The monoisotopic (exact) mass is 540 g/mol. The van der Waals surface area contributed by atoms with Gasteiger partial charge in [0.1, 0.15) is 6.61 Å². The number of nitrogens with one attached hydrogen (secondary N) is 1. The predicted octanol–water partition coefficient (Wildman–Crippen LogP) is 4.66. The van der Waals surface area contributed by atoms with Crippen molar-refractivity contribution in [3.05, 3.63) is 82.3 Å². The maximum Gasteiger partial charge on any atom is 0.251 e. The third-order valence-electron chi connectivity index (χ3n) is 7.03. The van der Waals surface area contributed by atoms with Gasteiger partial charge in [-0.15, -0.1) is 0 Å². The van der Waals surface area contributed by atoms with Crippen LogP contribution in [0.3, 0.4) is 0 Å². The fourth-order valence-corrected chi connectivity index (χ4v) is 5.13. The standard InChI is InChI=1S/C29H34ClFN4O3/c1-37-13-14-38-29-27(31)26(24(17-35-29)28(33)36)22-15-19(7-12-25(22)30)23(18-5-3-2-4-6-18)16-34-21-10-8-20(32)9-11-21/h2-7,12,15,17,20-21,23,34H,8-11,13-14,16,32H2,1H3,(H2,33,36). The van der Waals surface area contributed by atoms with Crippen molar-refractivity contribution >= 4 is 17.5 Å². The van der Waals surface area contributed by atoms with Crippen molar-refractivity contribution in [3.63, 3.8) is 0 Å². The fraction of sp³-hybridized carbons (Fsp3) is 0.379. The first kappa shape index (κ1) is 28.0. The third-order valence-corrected chi connectivity index (χ3v) is 7.36. The molecule has 4 rings (SSSR count). The van der Waals surface area contributed by atoms with Gasteiger partial charge >= 0.3 is 0 Å². The zero-order valence-electron chi connectivity index (χ0n) is 21.5. The molecule has 1 saturated carbocycles. The predicted molar refractivity (Wildman–Crippen MR) is 147 cm³/mol. The summed E-state index contributed by atoms with van der Waals surface area (Å²) in [5.74, 6) is -1.90.